The van der Waals surface area contributed by atoms with Crippen LogP contribution in [-0.2, 0) is 9.59 Å². The number of hydrogen-bond acceptors (Lipinski definition) is 3. The second kappa shape index (κ2) is 7.56. The van der Waals surface area contributed by atoms with E-state index < -0.39 is 11.5 Å². The molecule has 5 aliphatic rings. The first-order valence-electron chi connectivity index (χ1n) is 11.0. The van der Waals surface area contributed by atoms with Gasteiger partial charge in [0.2, 0.25) is 5.91 Å². The van der Waals surface area contributed by atoms with Gasteiger partial charge in [0.05, 0.1) is 0 Å². The maximum Gasteiger partial charge on any atom is 0.329 e. The fraction of sp³-hybridized carbons (Fsp3) is 0.857. The largest absolute Gasteiger partial charge is 0.480 e. The molecule has 0 aromatic heterocycles. The first-order chi connectivity index (χ1) is 13.4. The Morgan fingerprint density at radius 1 is 0.857 bits per heavy atom. The lowest BCUT2D eigenvalue weighted by molar-refractivity contribution is -0.149. The first kappa shape index (κ1) is 19.5. The monoisotopic (exact) mass is 391 g/mol. The Morgan fingerprint density at radius 3 is 1.96 bits per heavy atom. The van der Waals surface area contributed by atoms with Crippen LogP contribution in [0.4, 0.5) is 4.79 Å². The molecule has 0 heterocycles. The zero-order chi connectivity index (χ0) is 19.8. The Bertz CT molecular complexity index is 606. The lowest BCUT2D eigenvalue weighted by atomic mass is 9.53. The lowest BCUT2D eigenvalue weighted by Gasteiger charge is -2.56. The Balaban J connectivity index is 1.22. The van der Waals surface area contributed by atoms with E-state index in [0.29, 0.717) is 12.8 Å². The van der Waals surface area contributed by atoms with E-state index in [2.05, 4.69) is 16.0 Å². The smallest absolute Gasteiger partial charge is 0.329 e. The van der Waals surface area contributed by atoms with E-state index in [1.54, 1.807) is 0 Å². The molecule has 4 bridgehead atoms. The number of urea groups is 1. The highest BCUT2D eigenvalue weighted by Gasteiger charge is 2.51. The molecule has 5 rings (SSSR count). The van der Waals surface area contributed by atoms with Crippen molar-refractivity contribution >= 4 is 17.9 Å². The third kappa shape index (κ3) is 3.98. The minimum atomic E-state index is -1.13. The van der Waals surface area contributed by atoms with Crippen LogP contribution in [-0.4, -0.2) is 40.6 Å². The number of carboxylic acids is 1. The topological polar surface area (TPSA) is 108 Å². The fourth-order valence-corrected chi connectivity index (χ4v) is 6.72. The molecule has 0 spiro atoms. The minimum absolute atomic E-state index is 0.0451. The van der Waals surface area contributed by atoms with Crippen LogP contribution < -0.4 is 16.0 Å². The van der Waals surface area contributed by atoms with Gasteiger partial charge in [0, 0.05) is 18.5 Å². The molecule has 0 unspecified atom stereocenters. The molecule has 7 nitrogen and oxygen atoms in total. The van der Waals surface area contributed by atoms with Gasteiger partial charge >= 0.3 is 12.0 Å². The van der Waals surface area contributed by atoms with E-state index in [1.807, 2.05) is 0 Å². The average Bonchev–Trinajstić information content (AvgIpc) is 2.60. The molecule has 3 amide bonds. The summed E-state index contributed by atoms with van der Waals surface area (Å²) in [5.74, 6) is 1.03. The number of aliphatic carboxylic acids is 1. The molecular weight excluding hydrogens is 358 g/mol. The highest BCUT2D eigenvalue weighted by molar-refractivity contribution is 5.87. The van der Waals surface area contributed by atoms with Crippen molar-refractivity contribution in [2.45, 2.75) is 88.1 Å². The molecule has 0 saturated heterocycles. The number of amides is 3. The standard InChI is InChI=1S/C21H33N3O4/c25-17(23-21(18(26)27)5-2-1-3-6-21)4-7-22-19(28)24-20-11-14-8-15(12-20)10-16(9-14)13-20/h14-16H,1-13H2,(H,23,25)(H,26,27)(H2,22,24,28). The number of carboxylic acid groups (broad SMARTS) is 1. The Kier molecular flexibility index (Phi) is 5.27. The number of hydrogen-bond donors (Lipinski definition) is 4. The van der Waals surface area contributed by atoms with Crippen LogP contribution in [0.3, 0.4) is 0 Å². The fourth-order valence-electron chi connectivity index (χ4n) is 6.72. The molecule has 0 aromatic rings. The molecule has 0 aromatic carbocycles. The second-order valence-corrected chi connectivity index (χ2v) is 9.82. The normalized spacial score (nSPS) is 35.2. The predicted molar refractivity (Wildman–Crippen MR) is 104 cm³/mol. The van der Waals surface area contributed by atoms with Crippen LogP contribution >= 0.6 is 0 Å². The van der Waals surface area contributed by atoms with Crippen LogP contribution in [0.15, 0.2) is 0 Å². The van der Waals surface area contributed by atoms with Gasteiger partial charge in [-0.25, -0.2) is 9.59 Å². The van der Waals surface area contributed by atoms with Crippen LogP contribution in [0.25, 0.3) is 0 Å². The van der Waals surface area contributed by atoms with Crippen molar-refractivity contribution in [2.24, 2.45) is 17.8 Å². The Hall–Kier alpha value is -1.79. The molecule has 0 atom stereocenters. The molecule has 5 fully saturated rings. The average molecular weight is 392 g/mol. The number of nitrogens with one attached hydrogen (secondary N) is 3. The van der Waals surface area contributed by atoms with Crippen LogP contribution in [0.2, 0.25) is 0 Å². The quantitative estimate of drug-likeness (QED) is 0.558. The van der Waals surface area contributed by atoms with E-state index >= 15 is 0 Å². The number of carbonyl (C=O) groups excluding carboxylic acids is 2. The zero-order valence-corrected chi connectivity index (χ0v) is 16.6. The van der Waals surface area contributed by atoms with Crippen molar-refractivity contribution in [3.05, 3.63) is 0 Å². The van der Waals surface area contributed by atoms with Crippen molar-refractivity contribution in [1.29, 1.82) is 0 Å². The molecule has 4 N–H and O–H groups in total. The lowest BCUT2D eigenvalue weighted by Crippen LogP contribution is -2.61. The minimum Gasteiger partial charge on any atom is -0.480 e. The van der Waals surface area contributed by atoms with Crippen LogP contribution in [0, 0.1) is 17.8 Å². The summed E-state index contributed by atoms with van der Waals surface area (Å²) in [7, 11) is 0. The molecule has 5 saturated carbocycles. The highest BCUT2D eigenvalue weighted by atomic mass is 16.4. The van der Waals surface area contributed by atoms with Gasteiger partial charge in [-0.2, -0.15) is 0 Å². The molecule has 156 valence electrons. The van der Waals surface area contributed by atoms with E-state index in [-0.39, 0.29) is 30.4 Å². The summed E-state index contributed by atoms with van der Waals surface area (Å²) < 4.78 is 0. The predicted octanol–water partition coefficient (Wildman–Crippen LogP) is 2.55. The summed E-state index contributed by atoms with van der Waals surface area (Å²) in [4.78, 5) is 36.3. The summed E-state index contributed by atoms with van der Waals surface area (Å²) in [6.45, 7) is 0.222. The van der Waals surface area contributed by atoms with E-state index in [1.165, 1.54) is 19.3 Å². The molecule has 7 heteroatoms. The number of carbonyl (C=O) groups is 3. The van der Waals surface area contributed by atoms with Crippen LogP contribution in [0.1, 0.15) is 77.0 Å². The van der Waals surface area contributed by atoms with Gasteiger partial charge in [-0.05, 0) is 69.1 Å². The SMILES string of the molecule is O=C(CCNC(=O)NC12CC3CC(CC(C3)C1)C2)NC1(C(=O)O)CCCCC1. The van der Waals surface area contributed by atoms with Gasteiger partial charge in [-0.3, -0.25) is 4.79 Å². The van der Waals surface area contributed by atoms with Gasteiger partial charge in [0.1, 0.15) is 5.54 Å². The summed E-state index contributed by atoms with van der Waals surface area (Å²) in [6, 6.07) is -0.194. The first-order valence-corrected chi connectivity index (χ1v) is 11.0. The summed E-state index contributed by atoms with van der Waals surface area (Å²) in [5, 5.41) is 18.3. The molecule has 0 aliphatic heterocycles. The van der Waals surface area contributed by atoms with Gasteiger partial charge in [-0.15, -0.1) is 0 Å². The maximum atomic E-state index is 12.4. The maximum absolute atomic E-state index is 12.4. The van der Waals surface area contributed by atoms with Crippen LogP contribution in [0.5, 0.6) is 0 Å². The van der Waals surface area contributed by atoms with Crippen molar-refractivity contribution in [2.75, 3.05) is 6.54 Å². The van der Waals surface area contributed by atoms with Gasteiger partial charge in [0.25, 0.3) is 0 Å². The molecule has 5 aliphatic carbocycles. The van der Waals surface area contributed by atoms with E-state index in [4.69, 9.17) is 0 Å². The van der Waals surface area contributed by atoms with E-state index in [0.717, 1.165) is 56.3 Å². The van der Waals surface area contributed by atoms with Crippen molar-refractivity contribution < 1.29 is 19.5 Å². The molecular formula is C21H33N3O4. The Morgan fingerprint density at radius 2 is 1.43 bits per heavy atom. The van der Waals surface area contributed by atoms with Crippen molar-refractivity contribution in [1.82, 2.24) is 16.0 Å². The Labute approximate surface area is 166 Å². The van der Waals surface area contributed by atoms with Gasteiger partial charge < -0.3 is 21.1 Å². The molecule has 28 heavy (non-hydrogen) atoms. The van der Waals surface area contributed by atoms with Gasteiger partial charge in [0.15, 0.2) is 0 Å². The van der Waals surface area contributed by atoms with E-state index in [9.17, 15) is 19.5 Å². The highest BCUT2D eigenvalue weighted by Crippen LogP contribution is 2.55. The second-order valence-electron chi connectivity index (χ2n) is 9.82. The summed E-state index contributed by atoms with van der Waals surface area (Å²) in [6.07, 6.45) is 11.0. The summed E-state index contributed by atoms with van der Waals surface area (Å²) >= 11 is 0. The third-order valence-corrected chi connectivity index (χ3v) is 7.55. The van der Waals surface area contributed by atoms with Gasteiger partial charge in [-0.1, -0.05) is 19.3 Å². The third-order valence-electron chi connectivity index (χ3n) is 7.55. The summed E-state index contributed by atoms with van der Waals surface area (Å²) in [5.41, 5.74) is -1.17. The van der Waals surface area contributed by atoms with Crippen molar-refractivity contribution in [3.8, 4) is 0 Å². The zero-order valence-electron chi connectivity index (χ0n) is 16.6. The van der Waals surface area contributed by atoms with Crippen molar-refractivity contribution in [3.63, 3.8) is 0 Å². The molecule has 0 radical (unpaired) electrons. The number of rotatable bonds is 6.